The zero-order chi connectivity index (χ0) is 12.9. The molecule has 18 heavy (non-hydrogen) atoms. The molecule has 1 aromatic heterocycles. The molecule has 0 bridgehead atoms. The van der Waals surface area contributed by atoms with Crippen molar-refractivity contribution in [2.75, 3.05) is 11.9 Å². The van der Waals surface area contributed by atoms with Crippen LogP contribution in [0.1, 0.15) is 38.1 Å². The van der Waals surface area contributed by atoms with Crippen molar-refractivity contribution >= 4 is 5.69 Å². The molecular formula is C14H23N3O. The third kappa shape index (κ3) is 1.58. The fraction of sp³-hybridized carbons (Fsp3) is 0.786. The minimum absolute atomic E-state index is 0.210. The van der Waals surface area contributed by atoms with Crippen molar-refractivity contribution in [3.63, 3.8) is 0 Å². The van der Waals surface area contributed by atoms with Gasteiger partial charge in [-0.25, -0.2) is 0 Å². The van der Waals surface area contributed by atoms with Crippen molar-refractivity contribution < 1.29 is 4.74 Å². The molecular weight excluding hydrogens is 226 g/mol. The van der Waals surface area contributed by atoms with Crippen LogP contribution in [0.15, 0.2) is 0 Å². The normalized spacial score (nSPS) is 33.7. The Hall–Kier alpha value is -1.03. The van der Waals surface area contributed by atoms with Crippen LogP contribution in [0.2, 0.25) is 0 Å². The number of ether oxygens (including phenoxy) is 1. The summed E-state index contributed by atoms with van der Waals surface area (Å²) >= 11 is 0. The Morgan fingerprint density at radius 3 is 2.83 bits per heavy atom. The molecule has 0 aromatic carbocycles. The van der Waals surface area contributed by atoms with Crippen LogP contribution in [0, 0.1) is 25.2 Å². The van der Waals surface area contributed by atoms with Gasteiger partial charge in [0, 0.05) is 24.0 Å². The standard InChI is InChI=1S/C14H23N3O/c1-8-11(9(2)17-16-8)15-12-10-6-5-7-18-13(10)14(12,3)4/h10,12-13,15H,5-7H2,1-4H3,(H,16,17). The lowest BCUT2D eigenvalue weighted by molar-refractivity contribution is -0.177. The highest BCUT2D eigenvalue weighted by Crippen LogP contribution is 2.52. The number of hydrogen-bond donors (Lipinski definition) is 2. The second kappa shape index (κ2) is 3.98. The first-order valence-electron chi connectivity index (χ1n) is 6.91. The Kier molecular flexibility index (Phi) is 2.66. The second-order valence-electron chi connectivity index (χ2n) is 6.35. The van der Waals surface area contributed by atoms with Gasteiger partial charge in [0.2, 0.25) is 0 Å². The minimum Gasteiger partial charge on any atom is -0.378 e. The van der Waals surface area contributed by atoms with E-state index in [9.17, 15) is 0 Å². The Morgan fingerprint density at radius 2 is 2.17 bits per heavy atom. The zero-order valence-corrected chi connectivity index (χ0v) is 11.7. The van der Waals surface area contributed by atoms with Crippen molar-refractivity contribution in [2.45, 2.75) is 52.7 Å². The average molecular weight is 249 g/mol. The first-order chi connectivity index (χ1) is 8.51. The van der Waals surface area contributed by atoms with Crippen molar-refractivity contribution in [1.29, 1.82) is 0 Å². The highest BCUT2D eigenvalue weighted by Gasteiger charge is 2.58. The summed E-state index contributed by atoms with van der Waals surface area (Å²) in [6.07, 6.45) is 2.90. The molecule has 1 saturated carbocycles. The Balaban J connectivity index is 1.80. The van der Waals surface area contributed by atoms with E-state index in [-0.39, 0.29) is 5.41 Å². The van der Waals surface area contributed by atoms with E-state index in [0.29, 0.717) is 18.1 Å². The van der Waals surface area contributed by atoms with Crippen LogP contribution < -0.4 is 5.32 Å². The van der Waals surface area contributed by atoms with Gasteiger partial charge in [-0.05, 0) is 26.7 Å². The number of aromatic amines is 1. The number of aromatic nitrogens is 2. The molecule has 0 spiro atoms. The topological polar surface area (TPSA) is 49.9 Å². The Morgan fingerprint density at radius 1 is 1.39 bits per heavy atom. The van der Waals surface area contributed by atoms with E-state index < -0.39 is 0 Å². The van der Waals surface area contributed by atoms with Gasteiger partial charge in [0.1, 0.15) is 0 Å². The molecule has 0 radical (unpaired) electrons. The van der Waals surface area contributed by atoms with Crippen LogP contribution in [-0.2, 0) is 4.74 Å². The number of rotatable bonds is 2. The van der Waals surface area contributed by atoms with E-state index in [1.54, 1.807) is 0 Å². The lowest BCUT2D eigenvalue weighted by Gasteiger charge is -2.60. The average Bonchev–Trinajstić information content (AvgIpc) is 2.66. The third-order valence-electron chi connectivity index (χ3n) is 4.76. The molecule has 3 unspecified atom stereocenters. The summed E-state index contributed by atoms with van der Waals surface area (Å²) in [6, 6.07) is 0.498. The number of nitrogens with one attached hydrogen (secondary N) is 2. The van der Waals surface area contributed by atoms with Crippen molar-refractivity contribution in [3.05, 3.63) is 11.4 Å². The van der Waals surface area contributed by atoms with Gasteiger partial charge in [0.25, 0.3) is 0 Å². The first-order valence-corrected chi connectivity index (χ1v) is 6.91. The fourth-order valence-corrected chi connectivity index (χ4v) is 3.73. The largest absolute Gasteiger partial charge is 0.378 e. The molecule has 3 atom stereocenters. The molecule has 4 heteroatoms. The van der Waals surface area contributed by atoms with Gasteiger partial charge in [0.05, 0.1) is 23.2 Å². The van der Waals surface area contributed by atoms with Gasteiger partial charge in [-0.2, -0.15) is 5.10 Å². The highest BCUT2D eigenvalue weighted by atomic mass is 16.5. The summed E-state index contributed by atoms with van der Waals surface area (Å²) in [7, 11) is 0. The Bertz CT molecular complexity index is 432. The van der Waals surface area contributed by atoms with Gasteiger partial charge < -0.3 is 10.1 Å². The van der Waals surface area contributed by atoms with Crippen LogP contribution in [0.4, 0.5) is 5.69 Å². The predicted octanol–water partition coefficient (Wildman–Crippen LogP) is 2.64. The fourth-order valence-electron chi connectivity index (χ4n) is 3.73. The molecule has 1 aliphatic heterocycles. The summed E-state index contributed by atoms with van der Waals surface area (Å²) < 4.78 is 5.94. The molecule has 3 rings (SSSR count). The monoisotopic (exact) mass is 249 g/mol. The number of hydrogen-bond acceptors (Lipinski definition) is 3. The van der Waals surface area contributed by atoms with Crippen molar-refractivity contribution in [3.8, 4) is 0 Å². The van der Waals surface area contributed by atoms with E-state index in [1.165, 1.54) is 18.5 Å². The molecule has 2 aliphatic rings. The van der Waals surface area contributed by atoms with Crippen LogP contribution in [0.5, 0.6) is 0 Å². The van der Waals surface area contributed by atoms with Crippen molar-refractivity contribution in [1.82, 2.24) is 10.2 Å². The number of anilines is 1. The maximum absolute atomic E-state index is 5.94. The lowest BCUT2D eigenvalue weighted by atomic mass is 9.55. The van der Waals surface area contributed by atoms with E-state index in [0.717, 1.165) is 18.0 Å². The number of fused-ring (bicyclic) bond motifs is 1. The lowest BCUT2D eigenvalue weighted by Crippen LogP contribution is -2.67. The number of aryl methyl sites for hydroxylation is 2. The molecule has 2 fully saturated rings. The van der Waals surface area contributed by atoms with Crippen LogP contribution >= 0.6 is 0 Å². The molecule has 1 saturated heterocycles. The Labute approximate surface area is 108 Å². The molecule has 2 heterocycles. The van der Waals surface area contributed by atoms with E-state index in [2.05, 4.69) is 36.3 Å². The highest BCUT2D eigenvalue weighted by molar-refractivity contribution is 5.53. The quantitative estimate of drug-likeness (QED) is 0.847. The number of nitrogens with zero attached hydrogens (tertiary/aromatic N) is 1. The third-order valence-corrected chi connectivity index (χ3v) is 4.76. The van der Waals surface area contributed by atoms with Crippen LogP contribution in [-0.4, -0.2) is 29.0 Å². The molecule has 0 amide bonds. The van der Waals surface area contributed by atoms with Gasteiger partial charge in [0.15, 0.2) is 0 Å². The van der Waals surface area contributed by atoms with Gasteiger partial charge >= 0.3 is 0 Å². The summed E-state index contributed by atoms with van der Waals surface area (Å²) in [4.78, 5) is 0. The van der Waals surface area contributed by atoms with E-state index in [4.69, 9.17) is 4.74 Å². The molecule has 4 nitrogen and oxygen atoms in total. The van der Waals surface area contributed by atoms with E-state index >= 15 is 0 Å². The predicted molar refractivity (Wildman–Crippen MR) is 71.7 cm³/mol. The maximum Gasteiger partial charge on any atom is 0.0825 e. The SMILES string of the molecule is Cc1n[nH]c(C)c1NC1C2CCCOC2C1(C)C. The van der Waals surface area contributed by atoms with Crippen LogP contribution in [0.25, 0.3) is 0 Å². The molecule has 1 aliphatic carbocycles. The van der Waals surface area contributed by atoms with E-state index in [1.807, 2.05) is 6.92 Å². The summed E-state index contributed by atoms with van der Waals surface area (Å²) in [5.74, 6) is 0.655. The van der Waals surface area contributed by atoms with Crippen molar-refractivity contribution in [2.24, 2.45) is 11.3 Å². The number of H-pyrrole nitrogens is 1. The van der Waals surface area contributed by atoms with Gasteiger partial charge in [-0.1, -0.05) is 13.8 Å². The van der Waals surface area contributed by atoms with Gasteiger partial charge in [-0.15, -0.1) is 0 Å². The summed E-state index contributed by atoms with van der Waals surface area (Å²) in [6.45, 7) is 9.67. The molecule has 1 aromatic rings. The second-order valence-corrected chi connectivity index (χ2v) is 6.35. The van der Waals surface area contributed by atoms with Gasteiger partial charge in [-0.3, -0.25) is 5.10 Å². The first kappa shape index (κ1) is 12.0. The smallest absolute Gasteiger partial charge is 0.0825 e. The van der Waals surface area contributed by atoms with Crippen LogP contribution in [0.3, 0.4) is 0 Å². The summed E-state index contributed by atoms with van der Waals surface area (Å²) in [5.41, 5.74) is 3.57. The molecule has 100 valence electrons. The zero-order valence-electron chi connectivity index (χ0n) is 11.7. The maximum atomic E-state index is 5.94. The molecule has 2 N–H and O–H groups in total. The summed E-state index contributed by atoms with van der Waals surface area (Å²) in [5, 5.41) is 11.0. The minimum atomic E-state index is 0.210.